The van der Waals surface area contributed by atoms with Crippen LogP contribution >= 0.6 is 11.6 Å². The Hall–Kier alpha value is -3.43. The van der Waals surface area contributed by atoms with Gasteiger partial charge in [0.2, 0.25) is 5.91 Å². The summed E-state index contributed by atoms with van der Waals surface area (Å²) in [6.07, 6.45) is 6.92. The predicted octanol–water partition coefficient (Wildman–Crippen LogP) is 4.84. The molecular weight excluding hydrogens is 659 g/mol. The van der Waals surface area contributed by atoms with Gasteiger partial charge in [-0.2, -0.15) is 17.7 Å². The fourth-order valence-corrected chi connectivity index (χ4v) is 7.30. The Morgan fingerprint density at radius 3 is 2.34 bits per heavy atom. The third-order valence-electron chi connectivity index (χ3n) is 9.16. The third kappa shape index (κ3) is 8.00. The van der Waals surface area contributed by atoms with Gasteiger partial charge in [0.05, 0.1) is 22.9 Å². The highest BCUT2D eigenvalue weighted by molar-refractivity contribution is 7.90. The van der Waals surface area contributed by atoms with Crippen molar-refractivity contribution in [1.82, 2.24) is 19.6 Å². The zero-order valence-electron chi connectivity index (χ0n) is 26.0. The molecule has 1 aromatic heterocycles. The van der Waals surface area contributed by atoms with Crippen molar-refractivity contribution in [1.29, 1.82) is 0 Å². The maximum atomic E-state index is 13.1. The van der Waals surface area contributed by atoms with Crippen molar-refractivity contribution in [2.45, 2.75) is 74.4 Å². The molecule has 0 unspecified atom stereocenters. The number of alkyl halides is 3. The molecule has 1 saturated heterocycles. The second-order valence-corrected chi connectivity index (χ2v) is 15.0. The highest BCUT2D eigenvalue weighted by Crippen LogP contribution is 2.48. The molecule has 3 aliphatic carbocycles. The number of carbonyl (C=O) groups excluding carboxylic acids is 1. The molecule has 3 fully saturated rings. The molecule has 2 heterocycles. The van der Waals surface area contributed by atoms with Gasteiger partial charge in [-0.05, 0) is 105 Å². The van der Waals surface area contributed by atoms with E-state index in [2.05, 4.69) is 30.2 Å². The Bertz CT molecular complexity index is 1690. The van der Waals surface area contributed by atoms with E-state index in [0.717, 1.165) is 55.8 Å². The summed E-state index contributed by atoms with van der Waals surface area (Å²) in [4.78, 5) is 23.9. The zero-order valence-corrected chi connectivity index (χ0v) is 27.6. The number of nitrogens with zero attached hydrogens (tertiary/aromatic N) is 4. The quantitative estimate of drug-likeness (QED) is 0.267. The fourth-order valence-electron chi connectivity index (χ4n) is 6.06. The largest absolute Gasteiger partial charge is 0.437 e. The number of ether oxygens (including phenoxy) is 1. The summed E-state index contributed by atoms with van der Waals surface area (Å²) in [5, 5.41) is 7.07. The molecular formula is C31H38ClF3N7O4S+. The molecule has 11 nitrogen and oxygen atoms in total. The van der Waals surface area contributed by atoms with Crippen LogP contribution in [0.4, 0.5) is 30.8 Å². The van der Waals surface area contributed by atoms with Gasteiger partial charge in [-0.25, -0.2) is 13.1 Å². The number of amides is 1. The standard InChI is InChI=1S/C31H37ClF3N7O4S/c1-41-27(39-30(15-16-30)21-5-7-22(32)8-6-21)37-26(38-28(41)46-20-31(33,34)35)36-23-9-11-24(12-10-23)47(44,45)40-25(43)29(13-14-29)19-42-17-3-2-4-18-42/h5,7,9-12H,2-4,6,8,13-20H2,1H3,(H2,36,37,39,40,43)/p+1. The summed E-state index contributed by atoms with van der Waals surface area (Å²) in [6, 6.07) is 5.27. The van der Waals surface area contributed by atoms with E-state index >= 15 is 0 Å². The molecule has 0 bridgehead atoms. The number of piperidine rings is 1. The predicted molar refractivity (Wildman–Crippen MR) is 169 cm³/mol. The third-order valence-corrected chi connectivity index (χ3v) is 10.8. The highest BCUT2D eigenvalue weighted by Gasteiger charge is 2.52. The second-order valence-electron chi connectivity index (χ2n) is 12.8. The summed E-state index contributed by atoms with van der Waals surface area (Å²) in [6.45, 7) is 0.841. The van der Waals surface area contributed by atoms with Gasteiger partial charge in [0.25, 0.3) is 10.0 Å². The van der Waals surface area contributed by atoms with Gasteiger partial charge in [0.15, 0.2) is 6.61 Å². The van der Waals surface area contributed by atoms with Crippen molar-refractivity contribution in [3.63, 3.8) is 0 Å². The van der Waals surface area contributed by atoms with E-state index in [1.54, 1.807) is 0 Å². The first kappa shape index (κ1) is 33.5. The van der Waals surface area contributed by atoms with E-state index in [1.807, 2.05) is 12.2 Å². The lowest BCUT2D eigenvalue weighted by Crippen LogP contribution is -2.44. The number of rotatable bonds is 12. The Balaban J connectivity index is 1.17. The topological polar surface area (TPSA) is 129 Å². The van der Waals surface area contributed by atoms with Crippen LogP contribution in [0, 0.1) is 5.41 Å². The van der Waals surface area contributed by atoms with Gasteiger partial charge >= 0.3 is 24.1 Å². The number of allylic oxidation sites excluding steroid dienone is 3. The zero-order chi connectivity index (χ0) is 33.5. The van der Waals surface area contributed by atoms with Gasteiger partial charge in [0, 0.05) is 17.3 Å². The van der Waals surface area contributed by atoms with E-state index in [0.29, 0.717) is 31.5 Å². The first-order valence-electron chi connectivity index (χ1n) is 15.7. The van der Waals surface area contributed by atoms with Crippen LogP contribution < -0.4 is 24.7 Å². The van der Waals surface area contributed by atoms with Gasteiger partial charge in [-0.15, -0.1) is 0 Å². The molecule has 0 spiro atoms. The van der Waals surface area contributed by atoms with Gasteiger partial charge in [-0.3, -0.25) is 10.1 Å². The van der Waals surface area contributed by atoms with E-state index < -0.39 is 39.7 Å². The van der Waals surface area contributed by atoms with E-state index in [4.69, 9.17) is 16.3 Å². The van der Waals surface area contributed by atoms with Gasteiger partial charge < -0.3 is 15.0 Å². The lowest BCUT2D eigenvalue weighted by atomic mass is 9.96. The summed E-state index contributed by atoms with van der Waals surface area (Å²) >= 11 is 6.14. The number of nitrogens with one attached hydrogen (secondary N) is 3. The molecule has 47 heavy (non-hydrogen) atoms. The molecule has 1 aromatic carbocycles. The highest BCUT2D eigenvalue weighted by atomic mass is 35.5. The molecule has 3 N–H and O–H groups in total. The van der Waals surface area contributed by atoms with Gasteiger partial charge in [0.1, 0.15) is 0 Å². The number of sulfonamides is 1. The van der Waals surface area contributed by atoms with Gasteiger partial charge in [-0.1, -0.05) is 29.1 Å². The Kier molecular flexibility index (Phi) is 9.17. The van der Waals surface area contributed by atoms with Crippen molar-refractivity contribution in [3.05, 3.63) is 47.0 Å². The molecule has 1 aliphatic heterocycles. The number of halogens is 4. The van der Waals surface area contributed by atoms with Crippen LogP contribution in [0.2, 0.25) is 0 Å². The normalized spacial score (nSPS) is 20.4. The van der Waals surface area contributed by atoms with Crippen molar-refractivity contribution in [2.75, 3.05) is 36.9 Å². The van der Waals surface area contributed by atoms with Crippen LogP contribution in [0.3, 0.4) is 0 Å². The first-order chi connectivity index (χ1) is 22.3. The minimum absolute atomic E-state index is 0.0589. The smallest absolute Gasteiger partial charge is 0.422 e. The monoisotopic (exact) mass is 696 g/mol. The Morgan fingerprint density at radius 2 is 1.74 bits per heavy atom. The molecule has 254 valence electrons. The van der Waals surface area contributed by atoms with Crippen LogP contribution in [0.25, 0.3) is 0 Å². The van der Waals surface area contributed by atoms with E-state index in [1.165, 1.54) is 42.3 Å². The summed E-state index contributed by atoms with van der Waals surface area (Å²) in [7, 11) is -2.63. The lowest BCUT2D eigenvalue weighted by Gasteiger charge is -2.29. The molecule has 6 rings (SSSR count). The van der Waals surface area contributed by atoms with Crippen molar-refractivity contribution in [2.24, 2.45) is 12.5 Å². The van der Waals surface area contributed by atoms with Crippen LogP contribution in [0.15, 0.2) is 51.9 Å². The average molecular weight is 697 g/mol. The summed E-state index contributed by atoms with van der Waals surface area (Å²) in [5.41, 5.74) is 0.402. The van der Waals surface area contributed by atoms with Crippen LogP contribution in [0.1, 0.15) is 57.8 Å². The SMILES string of the molecule is C[n+]1c(NC2(C3=CC=C(Cl)CC3)CC2)nc(Nc2ccc(S(=O)(=O)NC(=O)C3(CN4CCCCC4)CC3)cc2)nc1OCC(F)(F)F. The number of anilines is 3. The molecule has 0 radical (unpaired) electrons. The van der Waals surface area contributed by atoms with E-state index in [-0.39, 0.29) is 22.8 Å². The number of hydrogen-bond donors (Lipinski definition) is 3. The van der Waals surface area contributed by atoms with Crippen molar-refractivity contribution < 1.29 is 35.7 Å². The Labute approximate surface area is 276 Å². The molecule has 16 heteroatoms. The van der Waals surface area contributed by atoms with Crippen LogP contribution in [0.5, 0.6) is 6.01 Å². The minimum atomic E-state index is -4.58. The average Bonchev–Trinajstić information content (AvgIpc) is 3.96. The maximum Gasteiger partial charge on any atom is 0.422 e. The molecule has 1 amide bonds. The number of likely N-dealkylation sites (tertiary alicyclic amines) is 1. The van der Waals surface area contributed by atoms with Crippen molar-refractivity contribution >= 4 is 45.1 Å². The maximum absolute atomic E-state index is 13.1. The molecule has 2 aromatic rings. The Morgan fingerprint density at radius 1 is 1.04 bits per heavy atom. The first-order valence-corrected chi connectivity index (χ1v) is 17.6. The summed E-state index contributed by atoms with van der Waals surface area (Å²) in [5.74, 6) is -0.311. The molecule has 0 atom stereocenters. The number of benzene rings is 1. The number of hydrogen-bond acceptors (Lipinski definition) is 9. The molecule has 4 aliphatic rings. The van der Waals surface area contributed by atoms with Crippen LogP contribution in [-0.4, -0.2) is 67.1 Å². The van der Waals surface area contributed by atoms with Crippen LogP contribution in [-0.2, 0) is 21.9 Å². The summed E-state index contributed by atoms with van der Waals surface area (Å²) < 4.78 is 74.0. The molecule has 2 saturated carbocycles. The van der Waals surface area contributed by atoms with E-state index in [9.17, 15) is 26.4 Å². The fraction of sp³-hybridized carbons (Fsp3) is 0.548. The lowest BCUT2D eigenvalue weighted by molar-refractivity contribution is -0.669. The number of aromatic nitrogens is 3. The number of carbonyl (C=O) groups is 1. The second kappa shape index (κ2) is 12.9. The minimum Gasteiger partial charge on any atom is -0.437 e. The van der Waals surface area contributed by atoms with Crippen molar-refractivity contribution in [3.8, 4) is 6.01 Å².